The van der Waals surface area contributed by atoms with Gasteiger partial charge in [-0.2, -0.15) is 0 Å². The SMILES string of the molecule is O=C(C[S+](Cc1ccccc1)c1ccccc1)c1ccccc1. The zero-order valence-electron chi connectivity index (χ0n) is 12.9. The van der Waals surface area contributed by atoms with Crippen LogP contribution in [0.2, 0.25) is 0 Å². The number of carbonyl (C=O) groups is 1. The van der Waals surface area contributed by atoms with Gasteiger partial charge in [0.25, 0.3) is 0 Å². The molecule has 3 aromatic carbocycles. The van der Waals surface area contributed by atoms with Gasteiger partial charge in [0.05, 0.1) is 0 Å². The normalized spacial score (nSPS) is 11.8. The second-order valence-corrected chi connectivity index (χ2v) is 7.40. The van der Waals surface area contributed by atoms with E-state index in [1.807, 2.05) is 54.6 Å². The molecule has 0 saturated carbocycles. The van der Waals surface area contributed by atoms with Gasteiger partial charge in [-0.05, 0) is 12.1 Å². The minimum atomic E-state index is -0.119. The van der Waals surface area contributed by atoms with Gasteiger partial charge >= 0.3 is 0 Å². The highest BCUT2D eigenvalue weighted by Crippen LogP contribution is 2.20. The Hall–Kier alpha value is -2.32. The molecule has 0 amide bonds. The van der Waals surface area contributed by atoms with Crippen molar-refractivity contribution in [2.45, 2.75) is 10.6 Å². The molecule has 3 aromatic rings. The van der Waals surface area contributed by atoms with E-state index in [-0.39, 0.29) is 16.7 Å². The maximum absolute atomic E-state index is 12.6. The van der Waals surface area contributed by atoms with E-state index in [1.54, 1.807) is 0 Å². The van der Waals surface area contributed by atoms with E-state index in [0.29, 0.717) is 5.75 Å². The summed E-state index contributed by atoms with van der Waals surface area (Å²) in [4.78, 5) is 13.9. The Morgan fingerprint density at radius 2 is 1.22 bits per heavy atom. The Morgan fingerprint density at radius 3 is 1.83 bits per heavy atom. The van der Waals surface area contributed by atoms with Crippen molar-refractivity contribution in [2.24, 2.45) is 0 Å². The molecule has 0 aliphatic carbocycles. The highest BCUT2D eigenvalue weighted by Gasteiger charge is 2.26. The van der Waals surface area contributed by atoms with E-state index >= 15 is 0 Å². The summed E-state index contributed by atoms with van der Waals surface area (Å²) in [7, 11) is -0.119. The van der Waals surface area contributed by atoms with Crippen LogP contribution < -0.4 is 0 Å². The van der Waals surface area contributed by atoms with Crippen LogP contribution >= 0.6 is 0 Å². The van der Waals surface area contributed by atoms with E-state index in [9.17, 15) is 4.79 Å². The molecule has 1 atom stereocenters. The van der Waals surface area contributed by atoms with Crippen LogP contribution in [0.25, 0.3) is 0 Å². The molecular weight excluding hydrogens is 300 g/mol. The third kappa shape index (κ3) is 4.33. The maximum atomic E-state index is 12.6. The van der Waals surface area contributed by atoms with Crippen molar-refractivity contribution in [3.8, 4) is 0 Å². The number of benzene rings is 3. The summed E-state index contributed by atoms with van der Waals surface area (Å²) < 4.78 is 0. The number of hydrogen-bond acceptors (Lipinski definition) is 1. The van der Waals surface area contributed by atoms with E-state index in [0.717, 1.165) is 11.3 Å². The van der Waals surface area contributed by atoms with Crippen molar-refractivity contribution < 1.29 is 4.79 Å². The molecule has 0 saturated heterocycles. The van der Waals surface area contributed by atoms with Gasteiger partial charge in [-0.3, -0.25) is 4.79 Å². The van der Waals surface area contributed by atoms with Crippen molar-refractivity contribution >= 4 is 16.7 Å². The molecule has 0 aromatic heterocycles. The van der Waals surface area contributed by atoms with E-state index < -0.39 is 0 Å². The van der Waals surface area contributed by atoms with Gasteiger partial charge in [-0.15, -0.1) is 0 Å². The molecule has 1 nitrogen and oxygen atoms in total. The smallest absolute Gasteiger partial charge is 0.212 e. The summed E-state index contributed by atoms with van der Waals surface area (Å²) in [6.45, 7) is 0. The van der Waals surface area contributed by atoms with Crippen LogP contribution in [0.1, 0.15) is 15.9 Å². The lowest BCUT2D eigenvalue weighted by molar-refractivity contribution is 0.102. The highest BCUT2D eigenvalue weighted by atomic mass is 32.2. The first kappa shape index (κ1) is 15.6. The van der Waals surface area contributed by atoms with Crippen molar-refractivity contribution in [1.29, 1.82) is 0 Å². The van der Waals surface area contributed by atoms with Crippen LogP contribution in [0, 0.1) is 0 Å². The molecule has 114 valence electrons. The molecule has 2 heteroatoms. The van der Waals surface area contributed by atoms with Gasteiger partial charge in [0.1, 0.15) is 5.75 Å². The fourth-order valence-corrected chi connectivity index (χ4v) is 4.53. The van der Waals surface area contributed by atoms with Gasteiger partial charge < -0.3 is 0 Å². The molecule has 23 heavy (non-hydrogen) atoms. The zero-order valence-corrected chi connectivity index (χ0v) is 13.7. The molecule has 0 spiro atoms. The highest BCUT2D eigenvalue weighted by molar-refractivity contribution is 7.96. The zero-order chi connectivity index (χ0) is 15.9. The summed E-state index contributed by atoms with van der Waals surface area (Å²) in [6.07, 6.45) is 0. The lowest BCUT2D eigenvalue weighted by Gasteiger charge is -2.08. The predicted molar refractivity (Wildman–Crippen MR) is 97.9 cm³/mol. The first-order valence-corrected chi connectivity index (χ1v) is 9.24. The van der Waals surface area contributed by atoms with Gasteiger partial charge in [-0.1, -0.05) is 78.9 Å². The van der Waals surface area contributed by atoms with Crippen molar-refractivity contribution in [1.82, 2.24) is 0 Å². The standard InChI is InChI=1S/C21H19OS/c22-21(19-12-6-2-7-13-19)17-23(20-14-8-3-9-15-20)16-18-10-4-1-5-11-18/h1-15H,16-17H2/q+1. The molecule has 0 bridgehead atoms. The Kier molecular flexibility index (Phi) is 5.28. The summed E-state index contributed by atoms with van der Waals surface area (Å²) in [5.74, 6) is 1.68. The molecule has 0 N–H and O–H groups in total. The number of ketones is 1. The van der Waals surface area contributed by atoms with Crippen molar-refractivity contribution in [2.75, 3.05) is 5.75 Å². The fourth-order valence-electron chi connectivity index (χ4n) is 2.47. The molecule has 0 fully saturated rings. The minimum absolute atomic E-state index is 0.119. The average molecular weight is 319 g/mol. The van der Waals surface area contributed by atoms with E-state index in [1.165, 1.54) is 10.5 Å². The van der Waals surface area contributed by atoms with Gasteiger partial charge in [0.15, 0.2) is 10.6 Å². The maximum Gasteiger partial charge on any atom is 0.212 e. The summed E-state index contributed by atoms with van der Waals surface area (Å²) in [5.41, 5.74) is 2.08. The molecule has 3 rings (SSSR count). The Bertz CT molecular complexity index is 739. The number of rotatable bonds is 6. The predicted octanol–water partition coefficient (Wildman–Crippen LogP) is 4.75. The van der Waals surface area contributed by atoms with Gasteiger partial charge in [0.2, 0.25) is 5.78 Å². The molecule has 1 unspecified atom stereocenters. The second kappa shape index (κ2) is 7.80. The monoisotopic (exact) mass is 319 g/mol. The van der Waals surface area contributed by atoms with Crippen molar-refractivity contribution in [3.05, 3.63) is 102 Å². The number of hydrogen-bond donors (Lipinski definition) is 0. The minimum Gasteiger partial charge on any atom is -0.289 e. The number of Topliss-reactive ketones (excluding diaryl/α,β-unsaturated/α-hetero) is 1. The van der Waals surface area contributed by atoms with Crippen LogP contribution in [-0.4, -0.2) is 11.5 Å². The molecule has 0 radical (unpaired) electrons. The first-order valence-electron chi connectivity index (χ1n) is 7.67. The topological polar surface area (TPSA) is 17.1 Å². The number of carbonyl (C=O) groups excluding carboxylic acids is 1. The Labute approximate surface area is 140 Å². The average Bonchev–Trinajstić information content (AvgIpc) is 2.63. The van der Waals surface area contributed by atoms with Crippen LogP contribution in [0.5, 0.6) is 0 Å². The summed E-state index contributed by atoms with van der Waals surface area (Å²) in [6, 6.07) is 30.4. The summed E-state index contributed by atoms with van der Waals surface area (Å²) in [5, 5.41) is 0. The first-order chi connectivity index (χ1) is 11.3. The van der Waals surface area contributed by atoms with Gasteiger partial charge in [0, 0.05) is 22.0 Å². The largest absolute Gasteiger partial charge is 0.289 e. The van der Waals surface area contributed by atoms with Crippen molar-refractivity contribution in [3.63, 3.8) is 0 Å². The Balaban J connectivity index is 1.82. The molecule has 0 aliphatic heterocycles. The quantitative estimate of drug-likeness (QED) is 0.473. The van der Waals surface area contributed by atoms with Crippen LogP contribution in [-0.2, 0) is 16.6 Å². The van der Waals surface area contributed by atoms with E-state index in [2.05, 4.69) is 36.4 Å². The van der Waals surface area contributed by atoms with Crippen LogP contribution in [0.4, 0.5) is 0 Å². The van der Waals surface area contributed by atoms with Crippen LogP contribution in [0.15, 0.2) is 95.9 Å². The Morgan fingerprint density at radius 1 is 0.696 bits per heavy atom. The van der Waals surface area contributed by atoms with Crippen LogP contribution in [0.3, 0.4) is 0 Å². The van der Waals surface area contributed by atoms with Gasteiger partial charge in [-0.25, -0.2) is 0 Å². The van der Waals surface area contributed by atoms with E-state index in [4.69, 9.17) is 0 Å². The summed E-state index contributed by atoms with van der Waals surface area (Å²) >= 11 is 0. The third-order valence-electron chi connectivity index (χ3n) is 3.66. The molecule has 0 heterocycles. The second-order valence-electron chi connectivity index (χ2n) is 5.37. The molecule has 0 aliphatic rings. The fraction of sp³-hybridized carbons (Fsp3) is 0.0952. The molecular formula is C21H19OS+. The lowest BCUT2D eigenvalue weighted by atomic mass is 10.2. The lowest BCUT2D eigenvalue weighted by Crippen LogP contribution is -2.19. The third-order valence-corrected chi connectivity index (χ3v) is 5.89.